The van der Waals surface area contributed by atoms with Gasteiger partial charge in [0.2, 0.25) is 20.9 Å². The number of aromatic nitrogens is 3. The molecule has 29 heavy (non-hydrogen) atoms. The van der Waals surface area contributed by atoms with Crippen LogP contribution in [0.1, 0.15) is 38.2 Å². The third kappa shape index (κ3) is 5.14. The van der Waals surface area contributed by atoms with Gasteiger partial charge in [-0.15, -0.1) is 10.2 Å². The van der Waals surface area contributed by atoms with Crippen LogP contribution in [-0.2, 0) is 28.1 Å². The number of sulfone groups is 1. The Morgan fingerprint density at radius 1 is 1.21 bits per heavy atom. The zero-order valence-corrected chi connectivity index (χ0v) is 17.8. The highest BCUT2D eigenvalue weighted by Crippen LogP contribution is 2.23. The molecule has 1 amide bonds. The van der Waals surface area contributed by atoms with E-state index in [1.165, 1.54) is 10.9 Å². The number of ether oxygens (including phenoxy) is 1. The van der Waals surface area contributed by atoms with Crippen molar-refractivity contribution >= 4 is 15.7 Å². The van der Waals surface area contributed by atoms with Gasteiger partial charge in [0.05, 0.1) is 11.9 Å². The fourth-order valence-electron chi connectivity index (χ4n) is 3.48. The average Bonchev–Trinajstić information content (AvgIpc) is 3.18. The maximum Gasteiger partial charge on any atom is 0.249 e. The molecule has 1 fully saturated rings. The van der Waals surface area contributed by atoms with E-state index in [0.717, 1.165) is 17.7 Å². The predicted octanol–water partition coefficient (Wildman–Crippen LogP) is 2.00. The molecule has 2 heterocycles. The van der Waals surface area contributed by atoms with E-state index in [4.69, 9.17) is 4.74 Å². The molecule has 2 aromatic rings. The molecule has 0 bridgehead atoms. The largest absolute Gasteiger partial charge is 0.494 e. The van der Waals surface area contributed by atoms with Crippen LogP contribution in [0.3, 0.4) is 0 Å². The number of carbonyl (C=O) groups is 1. The quantitative estimate of drug-likeness (QED) is 0.648. The molecule has 0 radical (unpaired) electrons. The summed E-state index contributed by atoms with van der Waals surface area (Å²) in [5.41, 5.74) is 1.09. The van der Waals surface area contributed by atoms with Gasteiger partial charge in [-0.1, -0.05) is 19.1 Å². The molecule has 0 saturated carbocycles. The summed E-state index contributed by atoms with van der Waals surface area (Å²) in [6.07, 6.45) is 4.26. The van der Waals surface area contributed by atoms with Crippen LogP contribution in [0.25, 0.3) is 0 Å². The fraction of sp³-hybridized carbons (Fsp3) is 0.550. The molecule has 1 saturated heterocycles. The van der Waals surface area contributed by atoms with Crippen molar-refractivity contribution in [2.24, 2.45) is 7.05 Å². The Bertz CT molecular complexity index is 916. The smallest absolute Gasteiger partial charge is 0.249 e. The molecule has 0 unspecified atom stereocenters. The molecule has 1 aromatic carbocycles. The van der Waals surface area contributed by atoms with Gasteiger partial charge in [-0.25, -0.2) is 8.42 Å². The second-order valence-electron chi connectivity index (χ2n) is 7.34. The SMILES string of the molecule is CCCOc1ccc(CCC(=O)N2CCC(S(=O)(=O)c3nncn3C)CC2)cc1. The molecule has 158 valence electrons. The molecule has 3 rings (SSSR count). The number of nitrogens with zero attached hydrogens (tertiary/aromatic N) is 4. The number of likely N-dealkylation sites (tertiary alicyclic amines) is 1. The molecule has 0 spiro atoms. The number of hydrogen-bond donors (Lipinski definition) is 0. The van der Waals surface area contributed by atoms with E-state index < -0.39 is 15.1 Å². The molecule has 1 aliphatic rings. The molecule has 0 N–H and O–H groups in total. The first-order valence-corrected chi connectivity index (χ1v) is 11.5. The second kappa shape index (κ2) is 9.39. The minimum absolute atomic E-state index is 0.00589. The number of carbonyl (C=O) groups excluding carboxylic acids is 1. The molecule has 0 atom stereocenters. The second-order valence-corrected chi connectivity index (χ2v) is 9.46. The normalized spacial score (nSPS) is 15.4. The third-order valence-electron chi connectivity index (χ3n) is 5.18. The highest BCUT2D eigenvalue weighted by molar-refractivity contribution is 7.91. The van der Waals surface area contributed by atoms with E-state index in [1.807, 2.05) is 24.3 Å². The van der Waals surface area contributed by atoms with E-state index in [9.17, 15) is 13.2 Å². The summed E-state index contributed by atoms with van der Waals surface area (Å²) in [6.45, 7) is 3.66. The number of rotatable bonds is 8. The van der Waals surface area contributed by atoms with Gasteiger partial charge in [-0.05, 0) is 43.4 Å². The Morgan fingerprint density at radius 3 is 2.48 bits per heavy atom. The molecule has 9 heteroatoms. The first kappa shape index (κ1) is 21.3. The monoisotopic (exact) mass is 420 g/mol. The lowest BCUT2D eigenvalue weighted by Gasteiger charge is -2.31. The number of aryl methyl sites for hydroxylation is 2. The van der Waals surface area contributed by atoms with Crippen molar-refractivity contribution in [2.75, 3.05) is 19.7 Å². The Hall–Kier alpha value is -2.42. The van der Waals surface area contributed by atoms with Crippen molar-refractivity contribution in [1.82, 2.24) is 19.7 Å². The fourth-order valence-corrected chi connectivity index (χ4v) is 5.22. The van der Waals surface area contributed by atoms with Crippen molar-refractivity contribution in [1.29, 1.82) is 0 Å². The lowest BCUT2D eigenvalue weighted by atomic mass is 10.1. The minimum atomic E-state index is -3.53. The van der Waals surface area contributed by atoms with E-state index >= 15 is 0 Å². The van der Waals surface area contributed by atoms with Crippen LogP contribution < -0.4 is 4.74 Å². The van der Waals surface area contributed by atoms with Gasteiger partial charge in [0.25, 0.3) is 0 Å². The minimum Gasteiger partial charge on any atom is -0.494 e. The Labute approximate surface area is 171 Å². The van der Waals surface area contributed by atoms with Crippen molar-refractivity contribution in [3.8, 4) is 5.75 Å². The summed E-state index contributed by atoms with van der Waals surface area (Å²) >= 11 is 0. The molecule has 8 nitrogen and oxygen atoms in total. The van der Waals surface area contributed by atoms with Gasteiger partial charge >= 0.3 is 0 Å². The van der Waals surface area contributed by atoms with Crippen LogP contribution in [0.2, 0.25) is 0 Å². The highest BCUT2D eigenvalue weighted by atomic mass is 32.2. The van der Waals surface area contributed by atoms with Crippen molar-refractivity contribution in [2.45, 2.75) is 49.4 Å². The lowest BCUT2D eigenvalue weighted by Crippen LogP contribution is -2.43. The van der Waals surface area contributed by atoms with Crippen LogP contribution >= 0.6 is 0 Å². The van der Waals surface area contributed by atoms with Crippen molar-refractivity contribution in [3.63, 3.8) is 0 Å². The van der Waals surface area contributed by atoms with E-state index in [1.54, 1.807) is 11.9 Å². The van der Waals surface area contributed by atoms with Crippen LogP contribution in [-0.4, -0.2) is 58.9 Å². The average molecular weight is 421 g/mol. The van der Waals surface area contributed by atoms with Crippen LogP contribution in [0, 0.1) is 0 Å². The summed E-state index contributed by atoms with van der Waals surface area (Å²) in [6, 6.07) is 7.83. The summed E-state index contributed by atoms with van der Waals surface area (Å²) in [7, 11) is -1.91. The number of benzene rings is 1. The van der Waals surface area contributed by atoms with E-state index in [0.29, 0.717) is 45.4 Å². The topological polar surface area (TPSA) is 94.4 Å². The van der Waals surface area contributed by atoms with Gasteiger partial charge in [-0.2, -0.15) is 0 Å². The van der Waals surface area contributed by atoms with Crippen molar-refractivity contribution in [3.05, 3.63) is 36.2 Å². The number of hydrogen-bond acceptors (Lipinski definition) is 6. The molecule has 1 aliphatic heterocycles. The molecular weight excluding hydrogens is 392 g/mol. The van der Waals surface area contributed by atoms with Gasteiger partial charge in [0, 0.05) is 26.6 Å². The Balaban J connectivity index is 1.48. The first-order chi connectivity index (χ1) is 13.9. The summed E-state index contributed by atoms with van der Waals surface area (Å²) < 4.78 is 32.4. The maximum absolute atomic E-state index is 12.7. The Kier molecular flexibility index (Phi) is 6.89. The number of amides is 1. The van der Waals surface area contributed by atoms with Crippen LogP contribution in [0.15, 0.2) is 35.7 Å². The predicted molar refractivity (Wildman–Crippen MR) is 108 cm³/mol. The van der Waals surface area contributed by atoms with Crippen molar-refractivity contribution < 1.29 is 17.9 Å². The van der Waals surface area contributed by atoms with Gasteiger partial charge < -0.3 is 14.2 Å². The lowest BCUT2D eigenvalue weighted by molar-refractivity contribution is -0.132. The summed E-state index contributed by atoms with van der Waals surface area (Å²) in [4.78, 5) is 14.3. The summed E-state index contributed by atoms with van der Waals surface area (Å²) in [5.74, 6) is 0.902. The zero-order valence-electron chi connectivity index (χ0n) is 17.0. The highest BCUT2D eigenvalue weighted by Gasteiger charge is 2.35. The van der Waals surface area contributed by atoms with Gasteiger partial charge in [0.1, 0.15) is 12.1 Å². The van der Waals surface area contributed by atoms with E-state index in [-0.39, 0.29) is 11.1 Å². The standard InChI is InChI=1S/C20H28N4O4S/c1-3-14-28-17-7-4-16(5-8-17)6-9-19(25)24-12-10-18(11-13-24)29(26,27)20-22-21-15-23(20)2/h4-5,7-8,15,18H,3,6,9-14H2,1-2H3. The van der Waals surface area contributed by atoms with Gasteiger partial charge in [-0.3, -0.25) is 4.79 Å². The molecular formula is C20H28N4O4S. The first-order valence-electron chi connectivity index (χ1n) is 9.99. The van der Waals surface area contributed by atoms with E-state index in [2.05, 4.69) is 17.1 Å². The zero-order chi connectivity index (χ0) is 20.9. The van der Waals surface area contributed by atoms with Crippen LogP contribution in [0.4, 0.5) is 0 Å². The van der Waals surface area contributed by atoms with Gasteiger partial charge in [0.15, 0.2) is 0 Å². The summed E-state index contributed by atoms with van der Waals surface area (Å²) in [5, 5.41) is 6.87. The van der Waals surface area contributed by atoms with Crippen LogP contribution in [0.5, 0.6) is 5.75 Å². The Morgan fingerprint density at radius 2 is 1.90 bits per heavy atom. The molecule has 0 aliphatic carbocycles. The third-order valence-corrected chi connectivity index (χ3v) is 7.41. The maximum atomic E-state index is 12.7. The number of piperidine rings is 1. The molecule has 1 aromatic heterocycles.